The first-order chi connectivity index (χ1) is 9.65. The first-order valence-corrected chi connectivity index (χ1v) is 6.60. The standard InChI is InChI=1S/C12H18N4O4/c1-3-9-14-11(13-7-8-5-4-6-20-8)10(16(17)18)12(15-9)19-2/h8H,3-7H2,1-2H3,(H,13,14,15). The molecule has 0 bridgehead atoms. The van der Waals surface area contributed by atoms with Crippen molar-refractivity contribution in [2.75, 3.05) is 25.6 Å². The number of nitro groups is 1. The van der Waals surface area contributed by atoms with Crippen molar-refractivity contribution in [1.29, 1.82) is 0 Å². The van der Waals surface area contributed by atoms with Crippen molar-refractivity contribution < 1.29 is 14.4 Å². The zero-order valence-corrected chi connectivity index (χ0v) is 11.6. The van der Waals surface area contributed by atoms with Gasteiger partial charge in [0.25, 0.3) is 5.88 Å². The molecule has 0 aliphatic carbocycles. The fourth-order valence-electron chi connectivity index (χ4n) is 2.08. The van der Waals surface area contributed by atoms with Crippen molar-refractivity contribution in [3.8, 4) is 5.88 Å². The molecule has 0 aromatic carbocycles. The fraction of sp³-hybridized carbons (Fsp3) is 0.667. The Labute approximate surface area is 116 Å². The number of hydrogen-bond donors (Lipinski definition) is 1. The second-order valence-electron chi connectivity index (χ2n) is 4.47. The molecule has 0 saturated carbocycles. The molecular formula is C12H18N4O4. The molecule has 1 unspecified atom stereocenters. The van der Waals surface area contributed by atoms with E-state index in [0.29, 0.717) is 18.8 Å². The van der Waals surface area contributed by atoms with Crippen LogP contribution in [0, 0.1) is 10.1 Å². The lowest BCUT2D eigenvalue weighted by atomic mass is 10.2. The van der Waals surface area contributed by atoms with E-state index in [-0.39, 0.29) is 23.5 Å². The monoisotopic (exact) mass is 282 g/mol. The average molecular weight is 282 g/mol. The van der Waals surface area contributed by atoms with Crippen molar-refractivity contribution in [2.24, 2.45) is 0 Å². The van der Waals surface area contributed by atoms with Gasteiger partial charge in [-0.3, -0.25) is 10.1 Å². The topological polar surface area (TPSA) is 99.4 Å². The van der Waals surface area contributed by atoms with Gasteiger partial charge in [-0.25, -0.2) is 4.98 Å². The summed E-state index contributed by atoms with van der Waals surface area (Å²) in [6, 6.07) is 0. The molecule has 20 heavy (non-hydrogen) atoms. The summed E-state index contributed by atoms with van der Waals surface area (Å²) in [5, 5.41) is 14.2. The van der Waals surface area contributed by atoms with Gasteiger partial charge >= 0.3 is 5.69 Å². The number of anilines is 1. The molecule has 1 fully saturated rings. The molecule has 110 valence electrons. The molecule has 1 N–H and O–H groups in total. The molecule has 1 aliphatic rings. The summed E-state index contributed by atoms with van der Waals surface area (Å²) in [4.78, 5) is 18.8. The maximum absolute atomic E-state index is 11.2. The van der Waals surface area contributed by atoms with Gasteiger partial charge in [0, 0.05) is 19.6 Å². The Balaban J connectivity index is 2.25. The first-order valence-electron chi connectivity index (χ1n) is 6.60. The third-order valence-corrected chi connectivity index (χ3v) is 3.11. The SMILES string of the molecule is CCc1nc(NCC2CCCO2)c([N+](=O)[O-])c(OC)n1. The Morgan fingerprint density at radius 1 is 1.55 bits per heavy atom. The summed E-state index contributed by atoms with van der Waals surface area (Å²) in [5.41, 5.74) is -0.234. The third-order valence-electron chi connectivity index (χ3n) is 3.11. The maximum Gasteiger partial charge on any atom is 0.372 e. The summed E-state index contributed by atoms with van der Waals surface area (Å²) in [5.74, 6) is 0.674. The number of nitrogens with one attached hydrogen (secondary N) is 1. The maximum atomic E-state index is 11.2. The highest BCUT2D eigenvalue weighted by Crippen LogP contribution is 2.31. The molecule has 0 amide bonds. The lowest BCUT2D eigenvalue weighted by Crippen LogP contribution is -2.20. The second kappa shape index (κ2) is 6.47. The normalized spacial score (nSPS) is 18.0. The molecular weight excluding hydrogens is 264 g/mol. The van der Waals surface area contributed by atoms with Crippen LogP contribution in [0.3, 0.4) is 0 Å². The van der Waals surface area contributed by atoms with Gasteiger partial charge in [-0.2, -0.15) is 4.98 Å². The van der Waals surface area contributed by atoms with Crippen LogP contribution in [0.1, 0.15) is 25.6 Å². The third kappa shape index (κ3) is 3.13. The van der Waals surface area contributed by atoms with Crippen molar-refractivity contribution in [1.82, 2.24) is 9.97 Å². The number of nitrogens with zero attached hydrogens (tertiary/aromatic N) is 3. The average Bonchev–Trinajstić information content (AvgIpc) is 2.96. The van der Waals surface area contributed by atoms with Gasteiger partial charge in [0.05, 0.1) is 18.1 Å². The minimum Gasteiger partial charge on any atom is -0.476 e. The molecule has 8 nitrogen and oxygen atoms in total. The molecule has 8 heteroatoms. The predicted octanol–water partition coefficient (Wildman–Crippen LogP) is 1.55. The van der Waals surface area contributed by atoms with Gasteiger partial charge in [0.1, 0.15) is 5.82 Å². The number of aryl methyl sites for hydroxylation is 1. The van der Waals surface area contributed by atoms with Gasteiger partial charge in [-0.1, -0.05) is 6.92 Å². The van der Waals surface area contributed by atoms with Crippen molar-refractivity contribution in [2.45, 2.75) is 32.3 Å². The molecule has 1 aliphatic heterocycles. The van der Waals surface area contributed by atoms with Gasteiger partial charge in [0.15, 0.2) is 0 Å². The predicted molar refractivity (Wildman–Crippen MR) is 72.1 cm³/mol. The molecule has 1 atom stereocenters. The Morgan fingerprint density at radius 3 is 2.90 bits per heavy atom. The quantitative estimate of drug-likeness (QED) is 0.624. The van der Waals surface area contributed by atoms with Crippen molar-refractivity contribution in [3.63, 3.8) is 0 Å². The number of hydrogen-bond acceptors (Lipinski definition) is 7. The van der Waals surface area contributed by atoms with E-state index in [1.165, 1.54) is 7.11 Å². The van der Waals surface area contributed by atoms with E-state index in [9.17, 15) is 10.1 Å². The molecule has 1 aromatic heterocycles. The molecule has 1 aromatic rings. The van der Waals surface area contributed by atoms with Crippen LogP contribution in [0.15, 0.2) is 0 Å². The highest BCUT2D eigenvalue weighted by molar-refractivity contribution is 5.61. The number of ether oxygens (including phenoxy) is 2. The van der Waals surface area contributed by atoms with Crippen LogP contribution in [-0.2, 0) is 11.2 Å². The minimum absolute atomic E-state index is 0.0170. The fourth-order valence-corrected chi connectivity index (χ4v) is 2.08. The van der Waals surface area contributed by atoms with E-state index in [1.807, 2.05) is 6.92 Å². The highest BCUT2D eigenvalue weighted by atomic mass is 16.6. The van der Waals surface area contributed by atoms with Gasteiger partial charge in [0.2, 0.25) is 5.82 Å². The molecule has 2 rings (SSSR count). The van der Waals surface area contributed by atoms with Crippen LogP contribution in [0.4, 0.5) is 11.5 Å². The zero-order chi connectivity index (χ0) is 14.5. The largest absolute Gasteiger partial charge is 0.476 e. The van der Waals surface area contributed by atoms with Crippen molar-refractivity contribution >= 4 is 11.5 Å². The Bertz CT molecular complexity index is 489. The summed E-state index contributed by atoms with van der Waals surface area (Å²) in [7, 11) is 1.36. The summed E-state index contributed by atoms with van der Waals surface area (Å²) in [6.45, 7) is 3.11. The van der Waals surface area contributed by atoms with Crippen LogP contribution < -0.4 is 10.1 Å². The molecule has 2 heterocycles. The number of rotatable bonds is 6. The zero-order valence-electron chi connectivity index (χ0n) is 11.6. The van der Waals surface area contributed by atoms with E-state index in [0.717, 1.165) is 19.4 Å². The lowest BCUT2D eigenvalue weighted by Gasteiger charge is -2.13. The first kappa shape index (κ1) is 14.4. The van der Waals surface area contributed by atoms with Crippen LogP contribution in [0.5, 0.6) is 5.88 Å². The van der Waals surface area contributed by atoms with Gasteiger partial charge in [-0.05, 0) is 12.8 Å². The van der Waals surface area contributed by atoms with Crippen LogP contribution in [-0.4, -0.2) is 41.3 Å². The minimum atomic E-state index is -0.532. The van der Waals surface area contributed by atoms with Gasteiger partial charge in [-0.15, -0.1) is 0 Å². The molecule has 1 saturated heterocycles. The summed E-state index contributed by atoms with van der Waals surface area (Å²) < 4.78 is 10.5. The van der Waals surface area contributed by atoms with E-state index in [1.54, 1.807) is 0 Å². The van der Waals surface area contributed by atoms with Crippen LogP contribution in [0.2, 0.25) is 0 Å². The van der Waals surface area contributed by atoms with Crippen LogP contribution >= 0.6 is 0 Å². The smallest absolute Gasteiger partial charge is 0.372 e. The Hall–Kier alpha value is -1.96. The lowest BCUT2D eigenvalue weighted by molar-refractivity contribution is -0.385. The van der Waals surface area contributed by atoms with Gasteiger partial charge < -0.3 is 14.8 Å². The van der Waals surface area contributed by atoms with E-state index >= 15 is 0 Å². The summed E-state index contributed by atoms with van der Waals surface area (Å²) in [6.07, 6.45) is 2.61. The van der Waals surface area contributed by atoms with E-state index in [2.05, 4.69) is 15.3 Å². The summed E-state index contributed by atoms with van der Waals surface area (Å²) >= 11 is 0. The van der Waals surface area contributed by atoms with E-state index < -0.39 is 4.92 Å². The Kier molecular flexibility index (Phi) is 4.67. The Morgan fingerprint density at radius 2 is 2.35 bits per heavy atom. The molecule has 0 radical (unpaired) electrons. The molecule has 0 spiro atoms. The van der Waals surface area contributed by atoms with E-state index in [4.69, 9.17) is 9.47 Å². The second-order valence-corrected chi connectivity index (χ2v) is 4.47. The van der Waals surface area contributed by atoms with Crippen LogP contribution in [0.25, 0.3) is 0 Å². The number of aromatic nitrogens is 2. The highest BCUT2D eigenvalue weighted by Gasteiger charge is 2.26. The van der Waals surface area contributed by atoms with Crippen molar-refractivity contribution in [3.05, 3.63) is 15.9 Å². The number of methoxy groups -OCH3 is 1.